The van der Waals surface area contributed by atoms with Gasteiger partial charge in [-0.2, -0.15) is 5.26 Å². The molecule has 0 aromatic carbocycles. The van der Waals surface area contributed by atoms with Crippen LogP contribution in [-0.4, -0.2) is 52.0 Å². The maximum Gasteiger partial charge on any atom is 0.246 e. The van der Waals surface area contributed by atoms with Crippen molar-refractivity contribution in [1.82, 2.24) is 20.9 Å². The van der Waals surface area contributed by atoms with Gasteiger partial charge < -0.3 is 20.9 Å². The molecule has 0 unspecified atom stereocenters. The first-order valence-corrected chi connectivity index (χ1v) is 11.2. The number of nitrogens with one attached hydrogen (secondary N) is 3. The lowest BCUT2D eigenvalue weighted by Crippen LogP contribution is -2.61. The van der Waals surface area contributed by atoms with Gasteiger partial charge in [0.1, 0.15) is 18.1 Å². The van der Waals surface area contributed by atoms with Crippen molar-refractivity contribution in [2.45, 2.75) is 85.0 Å². The maximum absolute atomic E-state index is 13.7. The average molecular weight is 434 g/mol. The van der Waals surface area contributed by atoms with Crippen LogP contribution in [0, 0.1) is 34.0 Å². The molecule has 0 bridgehead atoms. The van der Waals surface area contributed by atoms with Crippen LogP contribution in [0.3, 0.4) is 0 Å². The van der Waals surface area contributed by atoms with Gasteiger partial charge in [-0.25, -0.2) is 0 Å². The van der Waals surface area contributed by atoms with E-state index in [9.17, 15) is 9.59 Å². The van der Waals surface area contributed by atoms with Crippen LogP contribution < -0.4 is 16.0 Å². The minimum Gasteiger partial charge on any atom is -0.358 e. The van der Waals surface area contributed by atoms with Gasteiger partial charge in [-0.05, 0) is 61.6 Å². The SMILES string of the molecule is C[C@@H](C#N)NC(=O)[C@@H]1[C@@H]2[C@H](CN1C(=O)[C@@H](NC(=S)NC1(C)CC1)C(C)(C)C)C2(C)C. The molecule has 7 nitrogen and oxygen atoms in total. The molecule has 1 heterocycles. The summed E-state index contributed by atoms with van der Waals surface area (Å²) in [5.74, 6) is 0.0590. The van der Waals surface area contributed by atoms with E-state index in [4.69, 9.17) is 17.5 Å². The van der Waals surface area contributed by atoms with E-state index in [-0.39, 0.29) is 28.7 Å². The van der Waals surface area contributed by atoms with E-state index in [1.807, 2.05) is 26.8 Å². The molecular weight excluding hydrogens is 398 g/mol. The summed E-state index contributed by atoms with van der Waals surface area (Å²) >= 11 is 5.50. The van der Waals surface area contributed by atoms with Gasteiger partial charge in [-0.15, -0.1) is 0 Å². The molecule has 5 atom stereocenters. The fourth-order valence-electron chi connectivity index (χ4n) is 4.71. The van der Waals surface area contributed by atoms with Gasteiger partial charge in [-0.1, -0.05) is 34.6 Å². The summed E-state index contributed by atoms with van der Waals surface area (Å²) in [6, 6.07) is 0.341. The molecule has 0 radical (unpaired) electrons. The standard InChI is InChI=1S/C22H35N5O2S/c1-12(10-23)24-17(28)15-14-13(21(14,5)6)11-27(15)18(29)16(20(2,3)4)25-19(30)26-22(7)8-9-22/h12-16H,8-9,11H2,1-7H3,(H,24,28)(H2,25,26,30)/t12-,13-,14-,15-,16+/m0/s1. The Morgan fingerprint density at radius 2 is 1.80 bits per heavy atom. The third-order valence-electron chi connectivity index (χ3n) is 7.12. The van der Waals surface area contributed by atoms with Crippen LogP contribution in [0.2, 0.25) is 0 Å². The highest BCUT2D eigenvalue weighted by Gasteiger charge is 2.69. The van der Waals surface area contributed by atoms with Crippen molar-refractivity contribution in [2.75, 3.05) is 6.54 Å². The molecule has 3 fully saturated rings. The van der Waals surface area contributed by atoms with E-state index in [0.29, 0.717) is 17.6 Å². The van der Waals surface area contributed by atoms with Gasteiger partial charge in [0.15, 0.2) is 5.11 Å². The Labute approximate surface area is 185 Å². The molecule has 30 heavy (non-hydrogen) atoms. The highest BCUT2D eigenvalue weighted by molar-refractivity contribution is 7.80. The van der Waals surface area contributed by atoms with Crippen LogP contribution >= 0.6 is 12.2 Å². The van der Waals surface area contributed by atoms with Crippen molar-refractivity contribution in [1.29, 1.82) is 5.26 Å². The Hall–Kier alpha value is -1.88. The number of piperidine rings is 1. The summed E-state index contributed by atoms with van der Waals surface area (Å²) in [4.78, 5) is 28.4. The first-order chi connectivity index (χ1) is 13.7. The lowest BCUT2D eigenvalue weighted by atomic mass is 9.85. The van der Waals surface area contributed by atoms with Gasteiger partial charge in [0.05, 0.1) is 6.07 Å². The second-order valence-electron chi connectivity index (χ2n) is 11.2. The van der Waals surface area contributed by atoms with Crippen LogP contribution in [0.15, 0.2) is 0 Å². The van der Waals surface area contributed by atoms with E-state index in [0.717, 1.165) is 12.8 Å². The predicted octanol–water partition coefficient (Wildman–Crippen LogP) is 1.93. The number of carbonyl (C=O) groups is 2. The number of amides is 2. The number of nitrogens with zero attached hydrogens (tertiary/aromatic N) is 2. The van der Waals surface area contributed by atoms with Crippen LogP contribution in [0.5, 0.6) is 0 Å². The van der Waals surface area contributed by atoms with Crippen molar-refractivity contribution in [2.24, 2.45) is 22.7 Å². The summed E-state index contributed by atoms with van der Waals surface area (Å²) < 4.78 is 0. The second-order valence-corrected chi connectivity index (χ2v) is 11.6. The van der Waals surface area contributed by atoms with Crippen molar-refractivity contribution in [3.63, 3.8) is 0 Å². The van der Waals surface area contributed by atoms with E-state index in [1.54, 1.807) is 11.8 Å². The fourth-order valence-corrected chi connectivity index (χ4v) is 5.08. The number of thiocarbonyl (C=S) groups is 1. The highest BCUT2D eigenvalue weighted by atomic mass is 32.1. The van der Waals surface area contributed by atoms with Crippen molar-refractivity contribution in [3.05, 3.63) is 0 Å². The Bertz CT molecular complexity index is 792. The second kappa shape index (κ2) is 7.37. The molecule has 0 aromatic heterocycles. The molecule has 166 valence electrons. The quantitative estimate of drug-likeness (QED) is 0.573. The smallest absolute Gasteiger partial charge is 0.246 e. The van der Waals surface area contributed by atoms with Gasteiger partial charge in [-0.3, -0.25) is 9.59 Å². The van der Waals surface area contributed by atoms with E-state index < -0.39 is 23.5 Å². The molecule has 3 aliphatic rings. The summed E-state index contributed by atoms with van der Waals surface area (Å²) in [6.07, 6.45) is 2.12. The number of rotatable bonds is 5. The summed E-state index contributed by atoms with van der Waals surface area (Å²) in [6.45, 7) is 14.6. The zero-order valence-electron chi connectivity index (χ0n) is 19.1. The van der Waals surface area contributed by atoms with Crippen LogP contribution in [0.1, 0.15) is 61.3 Å². The Balaban J connectivity index is 1.79. The number of hydrogen-bond donors (Lipinski definition) is 3. The maximum atomic E-state index is 13.7. The third-order valence-corrected chi connectivity index (χ3v) is 7.34. The molecule has 0 spiro atoms. The molecule has 0 aromatic rings. The molecule has 3 rings (SSSR count). The number of fused-ring (bicyclic) bond motifs is 1. The molecule has 2 saturated carbocycles. The Morgan fingerprint density at radius 3 is 2.30 bits per heavy atom. The lowest BCUT2D eigenvalue weighted by Gasteiger charge is -2.38. The van der Waals surface area contributed by atoms with Gasteiger partial charge in [0.2, 0.25) is 11.8 Å². The molecule has 1 saturated heterocycles. The van der Waals surface area contributed by atoms with Crippen molar-refractivity contribution >= 4 is 29.1 Å². The molecule has 3 N–H and O–H groups in total. The summed E-state index contributed by atoms with van der Waals surface area (Å²) in [5, 5.41) is 18.9. The first kappa shape index (κ1) is 22.8. The first-order valence-electron chi connectivity index (χ1n) is 10.8. The molecule has 2 amide bonds. The zero-order valence-corrected chi connectivity index (χ0v) is 19.9. The minimum atomic E-state index is -0.594. The average Bonchev–Trinajstić information content (AvgIpc) is 3.38. The lowest BCUT2D eigenvalue weighted by molar-refractivity contribution is -0.143. The summed E-state index contributed by atoms with van der Waals surface area (Å²) in [7, 11) is 0. The zero-order chi connectivity index (χ0) is 22.6. The van der Waals surface area contributed by atoms with Crippen LogP contribution in [0.25, 0.3) is 0 Å². The molecule has 1 aliphatic heterocycles. The van der Waals surface area contributed by atoms with Crippen LogP contribution in [0.4, 0.5) is 0 Å². The number of nitriles is 1. The highest BCUT2D eigenvalue weighted by Crippen LogP contribution is 2.65. The van der Waals surface area contributed by atoms with Crippen molar-refractivity contribution in [3.8, 4) is 6.07 Å². The summed E-state index contributed by atoms with van der Waals surface area (Å²) in [5.41, 5.74) is -0.349. The van der Waals surface area contributed by atoms with E-state index >= 15 is 0 Å². The van der Waals surface area contributed by atoms with Gasteiger partial charge >= 0.3 is 0 Å². The third kappa shape index (κ3) is 4.27. The van der Waals surface area contributed by atoms with E-state index in [1.165, 1.54) is 0 Å². The van der Waals surface area contributed by atoms with Gasteiger partial charge in [0.25, 0.3) is 0 Å². The minimum absolute atomic E-state index is 0.0186. The Kier molecular flexibility index (Phi) is 5.60. The van der Waals surface area contributed by atoms with Crippen molar-refractivity contribution < 1.29 is 9.59 Å². The normalized spacial score (nSPS) is 29.7. The molecule has 2 aliphatic carbocycles. The number of carbonyl (C=O) groups excluding carboxylic acids is 2. The monoisotopic (exact) mass is 433 g/mol. The topological polar surface area (TPSA) is 97.3 Å². The molecule has 8 heteroatoms. The van der Waals surface area contributed by atoms with Gasteiger partial charge in [0, 0.05) is 12.1 Å². The molecular formula is C22H35N5O2S. The number of likely N-dealkylation sites (tertiary alicyclic amines) is 1. The van der Waals surface area contributed by atoms with Crippen LogP contribution in [-0.2, 0) is 9.59 Å². The predicted molar refractivity (Wildman–Crippen MR) is 119 cm³/mol. The fraction of sp³-hybridized carbons (Fsp3) is 0.818. The van der Waals surface area contributed by atoms with E-state index in [2.05, 4.69) is 36.7 Å². The largest absolute Gasteiger partial charge is 0.358 e. The number of hydrogen-bond acceptors (Lipinski definition) is 4. The Morgan fingerprint density at radius 1 is 1.20 bits per heavy atom.